The van der Waals surface area contributed by atoms with Crippen LogP contribution >= 0.6 is 0 Å². The molecule has 0 bridgehead atoms. The molecule has 2 fully saturated rings. The highest BCUT2D eigenvalue weighted by Gasteiger charge is 2.26. The van der Waals surface area contributed by atoms with Crippen LogP contribution in [0.25, 0.3) is 0 Å². The number of rotatable bonds is 7. The third-order valence-electron chi connectivity index (χ3n) is 6.91. The number of likely N-dealkylation sites (tertiary alicyclic amines) is 1. The summed E-state index contributed by atoms with van der Waals surface area (Å²) in [6, 6.07) is 4.62. The van der Waals surface area contributed by atoms with Crippen LogP contribution in [0, 0.1) is 5.92 Å². The van der Waals surface area contributed by atoms with Crippen LogP contribution in [0.15, 0.2) is 23.3 Å². The van der Waals surface area contributed by atoms with Crippen molar-refractivity contribution >= 4 is 17.7 Å². The van der Waals surface area contributed by atoms with Crippen molar-refractivity contribution < 1.29 is 4.79 Å². The Hall–Kier alpha value is -2.31. The van der Waals surface area contributed by atoms with E-state index < -0.39 is 0 Å². The van der Waals surface area contributed by atoms with Crippen LogP contribution in [0.5, 0.6) is 0 Å². The molecule has 0 aromatic carbocycles. The third kappa shape index (κ3) is 6.84. The largest absolute Gasteiger partial charge is 0.357 e. The zero-order valence-electron chi connectivity index (χ0n) is 20.3. The summed E-state index contributed by atoms with van der Waals surface area (Å²) in [6.45, 7) is 8.79. The standard InChI is InChI=1S/C25H42N6O/c1-4-21(5-2)24(32)31-16-11-22(12-17-31)29-25(26-3)28-19-20-10-13-27-23(18-20)30-14-8-6-7-9-15-30/h10,13,18,21-22H,4-9,11-12,14-17,19H2,1-3H3,(H2,26,28,29). The molecule has 0 radical (unpaired) electrons. The Morgan fingerprint density at radius 1 is 1.12 bits per heavy atom. The highest BCUT2D eigenvalue weighted by Crippen LogP contribution is 2.19. The van der Waals surface area contributed by atoms with Crippen LogP contribution in [0.2, 0.25) is 0 Å². The fraction of sp³-hybridized carbons (Fsp3) is 0.720. The molecule has 178 valence electrons. The lowest BCUT2D eigenvalue weighted by atomic mass is 9.98. The van der Waals surface area contributed by atoms with Gasteiger partial charge in [0.2, 0.25) is 5.91 Å². The van der Waals surface area contributed by atoms with E-state index in [1.807, 2.05) is 18.1 Å². The van der Waals surface area contributed by atoms with Gasteiger partial charge in [-0.05, 0) is 56.2 Å². The monoisotopic (exact) mass is 442 g/mol. The molecule has 0 saturated carbocycles. The summed E-state index contributed by atoms with van der Waals surface area (Å²) < 4.78 is 0. The van der Waals surface area contributed by atoms with E-state index in [0.29, 0.717) is 11.9 Å². The van der Waals surface area contributed by atoms with E-state index in [9.17, 15) is 4.79 Å². The minimum atomic E-state index is 0.175. The fourth-order valence-electron chi connectivity index (χ4n) is 4.76. The second-order valence-electron chi connectivity index (χ2n) is 9.11. The number of anilines is 1. The van der Waals surface area contributed by atoms with Crippen molar-refractivity contribution in [2.75, 3.05) is 38.1 Å². The second kappa shape index (κ2) is 12.7. The number of aliphatic imine (C=N–C) groups is 1. The molecule has 0 aliphatic carbocycles. The Balaban J connectivity index is 1.46. The van der Waals surface area contributed by atoms with Gasteiger partial charge in [0.05, 0.1) is 0 Å². The zero-order valence-corrected chi connectivity index (χ0v) is 20.3. The fourth-order valence-corrected chi connectivity index (χ4v) is 4.76. The van der Waals surface area contributed by atoms with Gasteiger partial charge in [-0.2, -0.15) is 0 Å². The smallest absolute Gasteiger partial charge is 0.225 e. The third-order valence-corrected chi connectivity index (χ3v) is 6.91. The summed E-state index contributed by atoms with van der Waals surface area (Å²) >= 11 is 0. The molecule has 7 nitrogen and oxygen atoms in total. The van der Waals surface area contributed by atoms with Crippen molar-refractivity contribution in [2.45, 2.75) is 77.8 Å². The SMILES string of the molecule is CCC(CC)C(=O)N1CCC(NC(=NC)NCc2ccnc(N3CCCCCC3)c2)CC1. The number of hydrogen-bond donors (Lipinski definition) is 2. The van der Waals surface area contributed by atoms with Gasteiger partial charge in [0.15, 0.2) is 5.96 Å². The highest BCUT2D eigenvalue weighted by atomic mass is 16.2. The van der Waals surface area contributed by atoms with E-state index in [1.165, 1.54) is 31.2 Å². The maximum Gasteiger partial charge on any atom is 0.225 e. The molecule has 0 atom stereocenters. The second-order valence-corrected chi connectivity index (χ2v) is 9.11. The van der Waals surface area contributed by atoms with Crippen molar-refractivity contribution in [3.05, 3.63) is 23.9 Å². The number of aromatic nitrogens is 1. The molecule has 2 saturated heterocycles. The molecule has 1 amide bonds. The van der Waals surface area contributed by atoms with Gasteiger partial charge in [-0.15, -0.1) is 0 Å². The number of guanidine groups is 1. The minimum Gasteiger partial charge on any atom is -0.357 e. The number of hydrogen-bond acceptors (Lipinski definition) is 4. The molecule has 1 aromatic heterocycles. The van der Waals surface area contributed by atoms with Crippen molar-refractivity contribution in [3.8, 4) is 0 Å². The molecule has 0 spiro atoms. The van der Waals surface area contributed by atoms with E-state index >= 15 is 0 Å². The number of nitrogens with zero attached hydrogens (tertiary/aromatic N) is 4. The van der Waals surface area contributed by atoms with E-state index in [-0.39, 0.29) is 5.92 Å². The number of amides is 1. The highest BCUT2D eigenvalue weighted by molar-refractivity contribution is 5.80. The number of nitrogens with one attached hydrogen (secondary N) is 2. The summed E-state index contributed by atoms with van der Waals surface area (Å²) in [5.41, 5.74) is 1.22. The lowest BCUT2D eigenvalue weighted by molar-refractivity contribution is -0.136. The van der Waals surface area contributed by atoms with Gasteiger partial charge in [0, 0.05) is 57.9 Å². The molecule has 1 aromatic rings. The van der Waals surface area contributed by atoms with E-state index in [0.717, 1.165) is 70.2 Å². The summed E-state index contributed by atoms with van der Waals surface area (Å²) in [4.78, 5) is 26.1. The summed E-state index contributed by atoms with van der Waals surface area (Å²) in [6.07, 6.45) is 10.8. The molecule has 7 heteroatoms. The van der Waals surface area contributed by atoms with Gasteiger partial charge in [-0.3, -0.25) is 9.79 Å². The van der Waals surface area contributed by atoms with Gasteiger partial charge in [0.1, 0.15) is 5.82 Å². The van der Waals surface area contributed by atoms with Crippen molar-refractivity contribution in [2.24, 2.45) is 10.9 Å². The minimum absolute atomic E-state index is 0.175. The molecule has 2 aliphatic heterocycles. The Labute approximate surface area is 194 Å². The Kier molecular flexibility index (Phi) is 9.62. The van der Waals surface area contributed by atoms with Crippen LogP contribution in [0.3, 0.4) is 0 Å². The maximum absolute atomic E-state index is 12.6. The molecule has 2 N–H and O–H groups in total. The van der Waals surface area contributed by atoms with Gasteiger partial charge < -0.3 is 20.4 Å². The predicted octanol–water partition coefficient (Wildman–Crippen LogP) is 3.55. The molecule has 3 rings (SSSR count). The summed E-state index contributed by atoms with van der Waals surface area (Å²) in [7, 11) is 1.82. The van der Waals surface area contributed by atoms with Gasteiger partial charge >= 0.3 is 0 Å². The first kappa shape index (κ1) is 24.3. The van der Waals surface area contributed by atoms with E-state index in [2.05, 4.69) is 51.5 Å². The number of piperidine rings is 1. The quantitative estimate of drug-likeness (QED) is 0.499. The summed E-state index contributed by atoms with van der Waals surface area (Å²) in [5.74, 6) is 2.41. The maximum atomic E-state index is 12.6. The number of pyridine rings is 1. The summed E-state index contributed by atoms with van der Waals surface area (Å²) in [5, 5.41) is 7.01. The lowest BCUT2D eigenvalue weighted by Crippen LogP contribution is -2.50. The molecule has 2 aliphatic rings. The van der Waals surface area contributed by atoms with Crippen LogP contribution in [-0.2, 0) is 11.3 Å². The number of carbonyl (C=O) groups excluding carboxylic acids is 1. The Morgan fingerprint density at radius 2 is 1.81 bits per heavy atom. The van der Waals surface area contributed by atoms with Gasteiger partial charge in [-0.1, -0.05) is 26.7 Å². The topological polar surface area (TPSA) is 72.9 Å². The predicted molar refractivity (Wildman–Crippen MR) is 132 cm³/mol. The average Bonchev–Trinajstić information content (AvgIpc) is 3.13. The zero-order chi connectivity index (χ0) is 22.8. The van der Waals surface area contributed by atoms with Crippen molar-refractivity contribution in [1.29, 1.82) is 0 Å². The van der Waals surface area contributed by atoms with E-state index in [1.54, 1.807) is 0 Å². The Bertz CT molecular complexity index is 732. The molecular formula is C25H42N6O. The number of carbonyl (C=O) groups is 1. The van der Waals surface area contributed by atoms with Crippen molar-refractivity contribution in [1.82, 2.24) is 20.5 Å². The molecule has 0 unspecified atom stereocenters. The lowest BCUT2D eigenvalue weighted by Gasteiger charge is -2.34. The normalized spacial score (nSPS) is 18.6. The van der Waals surface area contributed by atoms with E-state index in [4.69, 9.17) is 0 Å². The van der Waals surface area contributed by atoms with Crippen molar-refractivity contribution in [3.63, 3.8) is 0 Å². The molecule has 32 heavy (non-hydrogen) atoms. The molecule has 3 heterocycles. The average molecular weight is 443 g/mol. The Morgan fingerprint density at radius 3 is 2.44 bits per heavy atom. The van der Waals surface area contributed by atoms with Crippen LogP contribution in [0.1, 0.15) is 70.8 Å². The molecular weight excluding hydrogens is 400 g/mol. The first-order valence-electron chi connectivity index (χ1n) is 12.6. The van der Waals surface area contributed by atoms with Crippen LogP contribution in [0.4, 0.5) is 5.82 Å². The first-order chi connectivity index (χ1) is 15.6. The first-order valence-corrected chi connectivity index (χ1v) is 12.6. The van der Waals surface area contributed by atoms with Gasteiger partial charge in [-0.25, -0.2) is 4.98 Å². The van der Waals surface area contributed by atoms with Crippen LogP contribution in [-0.4, -0.2) is 61.0 Å². The van der Waals surface area contributed by atoms with Crippen LogP contribution < -0.4 is 15.5 Å². The van der Waals surface area contributed by atoms with Gasteiger partial charge in [0.25, 0.3) is 0 Å².